The molecule has 3 rings (SSSR count). The molecular weight excluding hydrogens is 397 g/mol. The second-order valence-corrected chi connectivity index (χ2v) is 7.81. The van der Waals surface area contributed by atoms with Crippen molar-refractivity contribution < 1.29 is 18.6 Å². The summed E-state index contributed by atoms with van der Waals surface area (Å²) in [6, 6.07) is 14.4. The van der Waals surface area contributed by atoms with E-state index in [1.807, 2.05) is 19.1 Å². The van der Waals surface area contributed by atoms with Crippen LogP contribution in [0.1, 0.15) is 25.3 Å². The Kier molecular flexibility index (Phi) is 8.12. The zero-order valence-electron chi connectivity index (χ0n) is 18.5. The lowest BCUT2D eigenvalue weighted by atomic mass is 9.74. The Hall–Kier alpha value is -2.80. The van der Waals surface area contributed by atoms with Crippen molar-refractivity contribution in [1.29, 1.82) is 0 Å². The fourth-order valence-electron chi connectivity index (χ4n) is 3.80. The summed E-state index contributed by atoms with van der Waals surface area (Å²) in [5.74, 6) is 1.76. The van der Waals surface area contributed by atoms with Gasteiger partial charge in [0.2, 0.25) is 0 Å². The Labute approximate surface area is 183 Å². The van der Waals surface area contributed by atoms with Gasteiger partial charge in [-0.1, -0.05) is 18.2 Å². The Bertz CT molecular complexity index is 851. The van der Waals surface area contributed by atoms with E-state index in [0.29, 0.717) is 18.3 Å². The molecule has 0 aliphatic carbocycles. The van der Waals surface area contributed by atoms with Crippen LogP contribution in [0.25, 0.3) is 0 Å². The fraction of sp³-hybridized carbons (Fsp3) is 0.458. The SMILES string of the molecule is CN=C(NCC(C)Oc1cccc(F)c1)NCC1(c2ccc(OC)cc2)CCOCC1. The van der Waals surface area contributed by atoms with E-state index in [-0.39, 0.29) is 17.3 Å². The molecule has 1 aliphatic heterocycles. The molecule has 2 aromatic carbocycles. The van der Waals surface area contributed by atoms with Gasteiger partial charge in [-0.3, -0.25) is 4.99 Å². The van der Waals surface area contributed by atoms with Crippen LogP contribution >= 0.6 is 0 Å². The highest BCUT2D eigenvalue weighted by Crippen LogP contribution is 2.35. The van der Waals surface area contributed by atoms with Gasteiger partial charge in [-0.25, -0.2) is 4.39 Å². The van der Waals surface area contributed by atoms with Gasteiger partial charge in [0, 0.05) is 38.3 Å². The van der Waals surface area contributed by atoms with Gasteiger partial charge >= 0.3 is 0 Å². The minimum Gasteiger partial charge on any atom is -0.497 e. The maximum Gasteiger partial charge on any atom is 0.191 e. The third-order valence-corrected chi connectivity index (χ3v) is 5.66. The van der Waals surface area contributed by atoms with E-state index in [2.05, 4.69) is 27.8 Å². The highest BCUT2D eigenvalue weighted by atomic mass is 19.1. The summed E-state index contributed by atoms with van der Waals surface area (Å²) < 4.78 is 30.1. The molecule has 1 aliphatic rings. The number of aliphatic imine (C=N–C) groups is 1. The summed E-state index contributed by atoms with van der Waals surface area (Å²) in [5.41, 5.74) is 1.23. The number of nitrogens with one attached hydrogen (secondary N) is 2. The highest BCUT2D eigenvalue weighted by molar-refractivity contribution is 5.79. The Balaban J connectivity index is 1.57. The minimum absolute atomic E-state index is 0.0359. The molecule has 0 radical (unpaired) electrons. The van der Waals surface area contributed by atoms with Crippen LogP contribution < -0.4 is 20.1 Å². The number of halogens is 1. The van der Waals surface area contributed by atoms with Crippen LogP contribution in [-0.2, 0) is 10.2 Å². The normalized spacial score (nSPS) is 17.0. The molecule has 0 saturated carbocycles. The van der Waals surface area contributed by atoms with Crippen LogP contribution in [0.15, 0.2) is 53.5 Å². The van der Waals surface area contributed by atoms with E-state index < -0.39 is 0 Å². The van der Waals surface area contributed by atoms with E-state index in [1.165, 1.54) is 17.7 Å². The third kappa shape index (κ3) is 6.34. The molecule has 2 N–H and O–H groups in total. The first-order valence-corrected chi connectivity index (χ1v) is 10.6. The first-order chi connectivity index (χ1) is 15.0. The van der Waals surface area contributed by atoms with Gasteiger partial charge < -0.3 is 24.8 Å². The maximum absolute atomic E-state index is 13.3. The molecule has 1 saturated heterocycles. The summed E-state index contributed by atoms with van der Waals surface area (Å²) in [7, 11) is 3.42. The average Bonchev–Trinajstić information content (AvgIpc) is 2.80. The molecular formula is C24H32FN3O3. The van der Waals surface area contributed by atoms with Crippen molar-refractivity contribution in [3.63, 3.8) is 0 Å². The minimum atomic E-state index is -0.310. The molecule has 168 valence electrons. The molecule has 31 heavy (non-hydrogen) atoms. The van der Waals surface area contributed by atoms with Crippen molar-refractivity contribution in [2.75, 3.05) is 40.5 Å². The zero-order chi connectivity index (χ0) is 22.1. The van der Waals surface area contributed by atoms with Crippen LogP contribution in [0.3, 0.4) is 0 Å². The van der Waals surface area contributed by atoms with E-state index in [1.54, 1.807) is 26.3 Å². The summed E-state index contributed by atoms with van der Waals surface area (Å²) in [5, 5.41) is 6.77. The molecule has 1 atom stereocenters. The number of nitrogens with zero attached hydrogens (tertiary/aromatic N) is 1. The predicted octanol–water partition coefficient (Wildman–Crippen LogP) is 3.52. The lowest BCUT2D eigenvalue weighted by Crippen LogP contribution is -2.49. The van der Waals surface area contributed by atoms with Crippen molar-refractivity contribution in [2.45, 2.75) is 31.3 Å². The molecule has 1 fully saturated rings. The van der Waals surface area contributed by atoms with Crippen LogP contribution in [0.4, 0.5) is 4.39 Å². The summed E-state index contributed by atoms with van der Waals surface area (Å²) >= 11 is 0. The molecule has 0 aromatic heterocycles. The third-order valence-electron chi connectivity index (χ3n) is 5.66. The van der Waals surface area contributed by atoms with E-state index in [9.17, 15) is 4.39 Å². The Morgan fingerprint density at radius 2 is 1.87 bits per heavy atom. The van der Waals surface area contributed by atoms with Crippen LogP contribution in [0.5, 0.6) is 11.5 Å². The molecule has 6 nitrogen and oxygen atoms in total. The number of rotatable bonds is 8. The van der Waals surface area contributed by atoms with Gasteiger partial charge in [0.05, 0.1) is 13.7 Å². The van der Waals surface area contributed by atoms with Gasteiger partial charge in [0.1, 0.15) is 23.4 Å². The van der Waals surface area contributed by atoms with E-state index in [4.69, 9.17) is 14.2 Å². The van der Waals surface area contributed by atoms with Crippen molar-refractivity contribution in [3.05, 3.63) is 59.9 Å². The van der Waals surface area contributed by atoms with Crippen LogP contribution in [0.2, 0.25) is 0 Å². The fourth-order valence-corrected chi connectivity index (χ4v) is 3.80. The summed E-state index contributed by atoms with van der Waals surface area (Å²) in [4.78, 5) is 4.35. The number of hydrogen-bond donors (Lipinski definition) is 2. The van der Waals surface area contributed by atoms with Crippen LogP contribution in [-0.4, -0.2) is 52.5 Å². The lowest BCUT2D eigenvalue weighted by molar-refractivity contribution is 0.0513. The topological polar surface area (TPSA) is 64.1 Å². The first kappa shape index (κ1) is 22.9. The Morgan fingerprint density at radius 1 is 1.13 bits per heavy atom. The van der Waals surface area contributed by atoms with Crippen molar-refractivity contribution in [3.8, 4) is 11.5 Å². The zero-order valence-corrected chi connectivity index (χ0v) is 18.5. The number of benzene rings is 2. The quantitative estimate of drug-likeness (QED) is 0.497. The van der Waals surface area contributed by atoms with Crippen molar-refractivity contribution >= 4 is 5.96 Å². The van der Waals surface area contributed by atoms with E-state index >= 15 is 0 Å². The van der Waals surface area contributed by atoms with Gasteiger partial charge in [-0.15, -0.1) is 0 Å². The Morgan fingerprint density at radius 3 is 2.52 bits per heavy atom. The second kappa shape index (κ2) is 11.0. The molecule has 0 spiro atoms. The van der Waals surface area contributed by atoms with Gasteiger partial charge in [-0.2, -0.15) is 0 Å². The maximum atomic E-state index is 13.3. The number of hydrogen-bond acceptors (Lipinski definition) is 4. The lowest BCUT2D eigenvalue weighted by Gasteiger charge is -2.38. The largest absolute Gasteiger partial charge is 0.497 e. The standard InChI is InChI=1S/C24H32FN3O3/c1-18(31-22-6-4-5-20(25)15-22)16-27-23(26-2)28-17-24(11-13-30-14-12-24)19-7-9-21(29-3)10-8-19/h4-10,15,18H,11-14,16-17H2,1-3H3,(H2,26,27,28). The summed E-state index contributed by atoms with van der Waals surface area (Å²) in [6.45, 7) is 4.68. The van der Waals surface area contributed by atoms with Crippen LogP contribution in [0, 0.1) is 5.82 Å². The molecule has 7 heteroatoms. The summed E-state index contributed by atoms with van der Waals surface area (Å²) in [6.07, 6.45) is 1.71. The second-order valence-electron chi connectivity index (χ2n) is 7.81. The number of guanidine groups is 1. The highest BCUT2D eigenvalue weighted by Gasteiger charge is 2.34. The smallest absolute Gasteiger partial charge is 0.191 e. The molecule has 1 heterocycles. The van der Waals surface area contributed by atoms with Crippen molar-refractivity contribution in [1.82, 2.24) is 10.6 Å². The molecule has 2 aromatic rings. The molecule has 1 unspecified atom stereocenters. The monoisotopic (exact) mass is 429 g/mol. The first-order valence-electron chi connectivity index (χ1n) is 10.6. The van der Waals surface area contributed by atoms with Gasteiger partial charge in [-0.05, 0) is 49.6 Å². The predicted molar refractivity (Wildman–Crippen MR) is 121 cm³/mol. The molecule has 0 bridgehead atoms. The van der Waals surface area contributed by atoms with E-state index in [0.717, 1.165) is 38.3 Å². The van der Waals surface area contributed by atoms with Crippen molar-refractivity contribution in [2.24, 2.45) is 4.99 Å². The average molecular weight is 430 g/mol. The number of ether oxygens (including phenoxy) is 3. The number of methoxy groups -OCH3 is 1. The van der Waals surface area contributed by atoms with Gasteiger partial charge in [0.15, 0.2) is 5.96 Å². The van der Waals surface area contributed by atoms with Gasteiger partial charge in [0.25, 0.3) is 0 Å². The molecule has 0 amide bonds.